The van der Waals surface area contributed by atoms with Gasteiger partial charge in [0, 0.05) is 17.8 Å². The molecule has 0 saturated heterocycles. The highest BCUT2D eigenvalue weighted by atomic mass is 16.6. The zero-order chi connectivity index (χ0) is 15.0. The van der Waals surface area contributed by atoms with Crippen LogP contribution in [0.3, 0.4) is 0 Å². The molecular weight excluding hydrogens is 272 g/mol. The van der Waals surface area contributed by atoms with Gasteiger partial charge in [-0.25, -0.2) is 4.98 Å². The Labute approximate surface area is 121 Å². The van der Waals surface area contributed by atoms with Crippen molar-refractivity contribution in [1.29, 1.82) is 0 Å². The Morgan fingerprint density at radius 3 is 2.86 bits per heavy atom. The standard InChI is InChI=1S/C13H16N6O2/c1-8-5-6-14-13(12(8)19(20)21)15-7-11-17-16-9(2)18(11)10-3-4-10/h5-6,10H,3-4,7H2,1-2H3,(H,14,15). The van der Waals surface area contributed by atoms with Gasteiger partial charge in [-0.15, -0.1) is 10.2 Å². The Bertz CT molecular complexity index is 692. The molecular formula is C13H16N6O2. The fraction of sp³-hybridized carbons (Fsp3) is 0.462. The van der Waals surface area contributed by atoms with E-state index in [1.807, 2.05) is 6.92 Å². The van der Waals surface area contributed by atoms with Gasteiger partial charge in [-0.3, -0.25) is 10.1 Å². The van der Waals surface area contributed by atoms with E-state index in [4.69, 9.17) is 0 Å². The number of nitrogens with zero attached hydrogens (tertiary/aromatic N) is 5. The maximum Gasteiger partial charge on any atom is 0.314 e. The summed E-state index contributed by atoms with van der Waals surface area (Å²) in [6, 6.07) is 2.09. The second kappa shape index (κ2) is 5.12. The van der Waals surface area contributed by atoms with Crippen LogP contribution in [0.25, 0.3) is 0 Å². The summed E-state index contributed by atoms with van der Waals surface area (Å²) >= 11 is 0. The summed E-state index contributed by atoms with van der Waals surface area (Å²) in [5, 5.41) is 22.4. The number of anilines is 1. The molecule has 0 unspecified atom stereocenters. The minimum Gasteiger partial charge on any atom is -0.357 e. The first kappa shape index (κ1) is 13.5. The molecule has 8 heteroatoms. The van der Waals surface area contributed by atoms with E-state index in [2.05, 4.69) is 25.1 Å². The Kier molecular flexibility index (Phi) is 3.28. The van der Waals surface area contributed by atoms with Crippen LogP contribution in [-0.4, -0.2) is 24.7 Å². The fourth-order valence-corrected chi connectivity index (χ4v) is 2.41. The number of nitro groups is 1. The molecule has 0 atom stereocenters. The third-order valence-electron chi connectivity index (χ3n) is 3.57. The largest absolute Gasteiger partial charge is 0.357 e. The molecule has 1 aliphatic rings. The van der Waals surface area contributed by atoms with Crippen LogP contribution < -0.4 is 5.32 Å². The van der Waals surface area contributed by atoms with Crippen molar-refractivity contribution >= 4 is 11.5 Å². The zero-order valence-electron chi connectivity index (χ0n) is 11.9. The molecule has 1 aliphatic carbocycles. The van der Waals surface area contributed by atoms with Crippen molar-refractivity contribution in [1.82, 2.24) is 19.7 Å². The first-order valence-electron chi connectivity index (χ1n) is 6.82. The molecule has 0 aromatic carbocycles. The average Bonchev–Trinajstić information content (AvgIpc) is 3.20. The molecule has 21 heavy (non-hydrogen) atoms. The Hall–Kier alpha value is -2.51. The molecule has 0 bridgehead atoms. The summed E-state index contributed by atoms with van der Waals surface area (Å²) < 4.78 is 2.09. The second-order valence-electron chi connectivity index (χ2n) is 5.20. The van der Waals surface area contributed by atoms with Gasteiger partial charge in [-0.1, -0.05) is 0 Å². The van der Waals surface area contributed by atoms with E-state index in [1.54, 1.807) is 19.2 Å². The summed E-state index contributed by atoms with van der Waals surface area (Å²) in [5.74, 6) is 1.93. The van der Waals surface area contributed by atoms with Crippen LogP contribution in [0.4, 0.5) is 11.5 Å². The molecule has 8 nitrogen and oxygen atoms in total. The lowest BCUT2D eigenvalue weighted by atomic mass is 10.2. The number of nitrogens with one attached hydrogen (secondary N) is 1. The number of hydrogen-bond acceptors (Lipinski definition) is 6. The molecule has 3 rings (SSSR count). The lowest BCUT2D eigenvalue weighted by Crippen LogP contribution is -2.11. The monoisotopic (exact) mass is 288 g/mol. The lowest BCUT2D eigenvalue weighted by molar-refractivity contribution is -0.384. The first-order chi connectivity index (χ1) is 10.1. The molecule has 2 heterocycles. The van der Waals surface area contributed by atoms with Crippen molar-refractivity contribution in [2.24, 2.45) is 0 Å². The molecule has 2 aromatic rings. The molecule has 0 spiro atoms. The molecule has 0 aliphatic heterocycles. The van der Waals surface area contributed by atoms with E-state index in [0.29, 0.717) is 18.2 Å². The van der Waals surface area contributed by atoms with Crippen molar-refractivity contribution in [3.63, 3.8) is 0 Å². The van der Waals surface area contributed by atoms with Gasteiger partial charge >= 0.3 is 5.69 Å². The Morgan fingerprint density at radius 2 is 2.19 bits per heavy atom. The van der Waals surface area contributed by atoms with E-state index < -0.39 is 4.92 Å². The summed E-state index contributed by atoms with van der Waals surface area (Å²) in [7, 11) is 0. The fourth-order valence-electron chi connectivity index (χ4n) is 2.41. The lowest BCUT2D eigenvalue weighted by Gasteiger charge is -2.09. The Morgan fingerprint density at radius 1 is 1.43 bits per heavy atom. The topological polar surface area (TPSA) is 98.8 Å². The van der Waals surface area contributed by atoms with Crippen molar-refractivity contribution in [3.8, 4) is 0 Å². The summed E-state index contributed by atoms with van der Waals surface area (Å²) in [4.78, 5) is 14.8. The number of pyridine rings is 1. The van der Waals surface area contributed by atoms with Gasteiger partial charge in [0.15, 0.2) is 5.82 Å². The number of aryl methyl sites for hydroxylation is 2. The van der Waals surface area contributed by atoms with Crippen LogP contribution in [0.1, 0.15) is 36.1 Å². The molecule has 0 radical (unpaired) electrons. The molecule has 1 fully saturated rings. The van der Waals surface area contributed by atoms with Crippen molar-refractivity contribution in [2.75, 3.05) is 5.32 Å². The van der Waals surface area contributed by atoms with Gasteiger partial charge in [0.25, 0.3) is 0 Å². The Balaban J connectivity index is 1.83. The molecule has 110 valence electrons. The van der Waals surface area contributed by atoms with E-state index in [9.17, 15) is 10.1 Å². The smallest absolute Gasteiger partial charge is 0.314 e. The first-order valence-corrected chi connectivity index (χ1v) is 6.82. The van der Waals surface area contributed by atoms with E-state index in [-0.39, 0.29) is 11.5 Å². The van der Waals surface area contributed by atoms with Gasteiger partial charge in [0.1, 0.15) is 5.82 Å². The van der Waals surface area contributed by atoms with Crippen LogP contribution in [0.15, 0.2) is 12.3 Å². The second-order valence-corrected chi connectivity index (χ2v) is 5.20. The van der Waals surface area contributed by atoms with Crippen LogP contribution in [-0.2, 0) is 6.54 Å². The normalized spacial score (nSPS) is 14.2. The van der Waals surface area contributed by atoms with Crippen LogP contribution in [0, 0.1) is 24.0 Å². The highest BCUT2D eigenvalue weighted by Crippen LogP contribution is 2.36. The maximum atomic E-state index is 11.1. The number of aromatic nitrogens is 4. The maximum absolute atomic E-state index is 11.1. The summed E-state index contributed by atoms with van der Waals surface area (Å²) in [6.07, 6.45) is 3.82. The van der Waals surface area contributed by atoms with Crippen molar-refractivity contribution < 1.29 is 4.92 Å². The summed E-state index contributed by atoms with van der Waals surface area (Å²) in [6.45, 7) is 3.98. The molecule has 2 aromatic heterocycles. The van der Waals surface area contributed by atoms with Crippen LogP contribution in [0.5, 0.6) is 0 Å². The van der Waals surface area contributed by atoms with Gasteiger partial charge in [-0.2, -0.15) is 0 Å². The van der Waals surface area contributed by atoms with Crippen molar-refractivity contribution in [2.45, 2.75) is 39.3 Å². The highest BCUT2D eigenvalue weighted by Gasteiger charge is 2.28. The van der Waals surface area contributed by atoms with Gasteiger partial charge in [0.2, 0.25) is 5.82 Å². The van der Waals surface area contributed by atoms with Crippen molar-refractivity contribution in [3.05, 3.63) is 39.6 Å². The third kappa shape index (κ3) is 2.56. The van der Waals surface area contributed by atoms with Gasteiger partial charge < -0.3 is 9.88 Å². The molecule has 1 N–H and O–H groups in total. The highest BCUT2D eigenvalue weighted by molar-refractivity contribution is 5.59. The van der Waals surface area contributed by atoms with Crippen LogP contribution >= 0.6 is 0 Å². The average molecular weight is 288 g/mol. The summed E-state index contributed by atoms with van der Waals surface area (Å²) in [5.41, 5.74) is 0.587. The molecule has 1 saturated carbocycles. The van der Waals surface area contributed by atoms with Gasteiger partial charge in [0.05, 0.1) is 11.5 Å². The van der Waals surface area contributed by atoms with E-state index in [0.717, 1.165) is 24.5 Å². The SMILES string of the molecule is Cc1ccnc(NCc2nnc(C)n2C2CC2)c1[N+](=O)[O-]. The predicted octanol–water partition coefficient (Wildman–Crippen LogP) is 2.15. The molecule has 0 amide bonds. The van der Waals surface area contributed by atoms with E-state index in [1.165, 1.54) is 0 Å². The van der Waals surface area contributed by atoms with Gasteiger partial charge in [-0.05, 0) is 32.8 Å². The number of hydrogen-bond donors (Lipinski definition) is 1. The van der Waals surface area contributed by atoms with Crippen LogP contribution in [0.2, 0.25) is 0 Å². The van der Waals surface area contributed by atoms with E-state index >= 15 is 0 Å². The number of rotatable bonds is 5. The quantitative estimate of drug-likeness (QED) is 0.668. The zero-order valence-corrected chi connectivity index (χ0v) is 11.9. The predicted molar refractivity (Wildman–Crippen MR) is 76.0 cm³/mol. The third-order valence-corrected chi connectivity index (χ3v) is 3.57. The minimum absolute atomic E-state index is 0.00621. The minimum atomic E-state index is -0.415.